The molecule has 0 N–H and O–H groups in total. The lowest BCUT2D eigenvalue weighted by atomic mass is 10.1. The molecule has 5 heteroatoms. The molecule has 0 atom stereocenters. The van der Waals surface area contributed by atoms with Gasteiger partial charge in [0.2, 0.25) is 0 Å². The van der Waals surface area contributed by atoms with Gasteiger partial charge in [0.25, 0.3) is 5.69 Å². The van der Waals surface area contributed by atoms with Crippen LogP contribution >= 0.6 is 11.8 Å². The first-order valence-corrected chi connectivity index (χ1v) is 7.43. The van der Waals surface area contributed by atoms with Crippen LogP contribution in [-0.2, 0) is 5.75 Å². The van der Waals surface area contributed by atoms with E-state index in [2.05, 4.69) is 0 Å². The zero-order valence-corrected chi connectivity index (χ0v) is 12.6. The van der Waals surface area contributed by atoms with Crippen LogP contribution in [0, 0.1) is 17.0 Å². The zero-order valence-electron chi connectivity index (χ0n) is 11.8. The van der Waals surface area contributed by atoms with E-state index >= 15 is 0 Å². The third-order valence-electron chi connectivity index (χ3n) is 3.02. The average Bonchev–Trinajstić information content (AvgIpc) is 2.46. The van der Waals surface area contributed by atoms with E-state index in [4.69, 9.17) is 0 Å². The molecule has 108 valence electrons. The summed E-state index contributed by atoms with van der Waals surface area (Å²) in [6.07, 6.45) is 0. The van der Waals surface area contributed by atoms with Gasteiger partial charge >= 0.3 is 0 Å². The number of thioether (sulfide) groups is 1. The highest BCUT2D eigenvalue weighted by atomic mass is 32.2. The lowest BCUT2D eigenvalue weighted by Gasteiger charge is -2.05. The maximum absolute atomic E-state index is 11.5. The SMILES string of the molecule is CC(=O)c1cc(CSc2ccc(C)cc2)cc([N+](=O)[O-])c1. The molecule has 0 saturated heterocycles. The van der Waals surface area contributed by atoms with Gasteiger partial charge in [0.05, 0.1) is 4.92 Å². The van der Waals surface area contributed by atoms with Gasteiger partial charge in [-0.15, -0.1) is 11.8 Å². The van der Waals surface area contributed by atoms with Crippen molar-refractivity contribution in [3.05, 3.63) is 69.3 Å². The van der Waals surface area contributed by atoms with Gasteiger partial charge < -0.3 is 0 Å². The number of carbonyl (C=O) groups is 1. The van der Waals surface area contributed by atoms with Crippen molar-refractivity contribution in [2.24, 2.45) is 0 Å². The standard InChI is InChI=1S/C16H15NO3S/c1-11-3-5-16(6-4-11)21-10-13-7-14(12(2)18)9-15(8-13)17(19)20/h3-9H,10H2,1-2H3. The first-order chi connectivity index (χ1) is 9.95. The van der Waals surface area contributed by atoms with E-state index in [1.54, 1.807) is 17.8 Å². The van der Waals surface area contributed by atoms with Gasteiger partial charge in [-0.2, -0.15) is 0 Å². The van der Waals surface area contributed by atoms with Crippen molar-refractivity contribution in [3.8, 4) is 0 Å². The van der Waals surface area contributed by atoms with E-state index < -0.39 is 4.92 Å². The van der Waals surface area contributed by atoms with E-state index in [-0.39, 0.29) is 11.5 Å². The van der Waals surface area contributed by atoms with Gasteiger partial charge in [-0.1, -0.05) is 17.7 Å². The molecule has 0 aliphatic carbocycles. The molecule has 0 amide bonds. The molecule has 0 aromatic heterocycles. The topological polar surface area (TPSA) is 60.2 Å². The number of aryl methyl sites for hydroxylation is 1. The summed E-state index contributed by atoms with van der Waals surface area (Å²) in [5, 5.41) is 10.9. The molecule has 0 spiro atoms. The highest BCUT2D eigenvalue weighted by Gasteiger charge is 2.12. The number of nitrogens with zero attached hydrogens (tertiary/aromatic N) is 1. The van der Waals surface area contributed by atoms with E-state index in [1.165, 1.54) is 24.6 Å². The van der Waals surface area contributed by atoms with E-state index in [0.717, 1.165) is 10.5 Å². The van der Waals surface area contributed by atoms with Crippen molar-refractivity contribution in [1.29, 1.82) is 0 Å². The third-order valence-corrected chi connectivity index (χ3v) is 4.10. The summed E-state index contributed by atoms with van der Waals surface area (Å²) in [7, 11) is 0. The number of Topliss-reactive ketones (excluding diaryl/α,β-unsaturated/α-hetero) is 1. The lowest BCUT2D eigenvalue weighted by Crippen LogP contribution is -1.97. The fourth-order valence-corrected chi connectivity index (χ4v) is 2.70. The van der Waals surface area contributed by atoms with Crippen LogP contribution < -0.4 is 0 Å². The Morgan fingerprint density at radius 3 is 2.43 bits per heavy atom. The second-order valence-electron chi connectivity index (χ2n) is 4.80. The van der Waals surface area contributed by atoms with Gasteiger partial charge in [-0.05, 0) is 37.6 Å². The molecule has 0 heterocycles. The summed E-state index contributed by atoms with van der Waals surface area (Å²) in [6, 6.07) is 12.6. The fraction of sp³-hybridized carbons (Fsp3) is 0.188. The van der Waals surface area contributed by atoms with Crippen LogP contribution in [0.5, 0.6) is 0 Å². The Hall–Kier alpha value is -2.14. The summed E-state index contributed by atoms with van der Waals surface area (Å²) in [6.45, 7) is 3.43. The van der Waals surface area contributed by atoms with E-state index in [1.807, 2.05) is 31.2 Å². The number of ketones is 1. The van der Waals surface area contributed by atoms with Crippen LogP contribution in [0.1, 0.15) is 28.4 Å². The Morgan fingerprint density at radius 2 is 1.86 bits per heavy atom. The van der Waals surface area contributed by atoms with Crippen LogP contribution in [0.15, 0.2) is 47.4 Å². The summed E-state index contributed by atoms with van der Waals surface area (Å²) in [4.78, 5) is 23.0. The average molecular weight is 301 g/mol. The van der Waals surface area contributed by atoms with Gasteiger partial charge in [0.1, 0.15) is 0 Å². The Bertz CT molecular complexity index is 648. The summed E-state index contributed by atoms with van der Waals surface area (Å²) < 4.78 is 0. The molecule has 0 saturated carbocycles. The van der Waals surface area contributed by atoms with Crippen LogP contribution in [0.4, 0.5) is 5.69 Å². The Morgan fingerprint density at radius 1 is 1.19 bits per heavy atom. The van der Waals surface area contributed by atoms with Crippen molar-refractivity contribution < 1.29 is 9.72 Å². The molecule has 0 radical (unpaired) electrons. The summed E-state index contributed by atoms with van der Waals surface area (Å²) >= 11 is 1.59. The van der Waals surface area contributed by atoms with Crippen molar-refractivity contribution in [2.75, 3.05) is 0 Å². The Balaban J connectivity index is 2.20. The van der Waals surface area contributed by atoms with Gasteiger partial charge in [0.15, 0.2) is 5.78 Å². The molecule has 21 heavy (non-hydrogen) atoms. The first kappa shape index (κ1) is 15.3. The molecule has 0 fully saturated rings. The molecule has 2 rings (SSSR count). The maximum Gasteiger partial charge on any atom is 0.270 e. The van der Waals surface area contributed by atoms with Gasteiger partial charge in [0, 0.05) is 28.3 Å². The number of hydrogen-bond donors (Lipinski definition) is 0. The zero-order chi connectivity index (χ0) is 15.4. The monoisotopic (exact) mass is 301 g/mol. The lowest BCUT2D eigenvalue weighted by molar-refractivity contribution is -0.384. The normalized spacial score (nSPS) is 10.4. The fourth-order valence-electron chi connectivity index (χ4n) is 1.87. The highest BCUT2D eigenvalue weighted by molar-refractivity contribution is 7.98. The number of hydrogen-bond acceptors (Lipinski definition) is 4. The molecule has 4 nitrogen and oxygen atoms in total. The smallest absolute Gasteiger partial charge is 0.270 e. The largest absolute Gasteiger partial charge is 0.295 e. The number of nitro groups is 1. The van der Waals surface area contributed by atoms with Crippen molar-refractivity contribution in [3.63, 3.8) is 0 Å². The van der Waals surface area contributed by atoms with E-state index in [0.29, 0.717) is 11.3 Å². The molecule has 0 unspecified atom stereocenters. The molecule has 0 aliphatic heterocycles. The van der Waals surface area contributed by atoms with E-state index in [9.17, 15) is 14.9 Å². The Kier molecular flexibility index (Phi) is 4.75. The second-order valence-corrected chi connectivity index (χ2v) is 5.85. The number of rotatable bonds is 5. The highest BCUT2D eigenvalue weighted by Crippen LogP contribution is 2.26. The van der Waals surface area contributed by atoms with Crippen LogP contribution in [0.2, 0.25) is 0 Å². The quantitative estimate of drug-likeness (QED) is 0.355. The minimum absolute atomic E-state index is 0.0396. The van der Waals surface area contributed by atoms with Crippen molar-refractivity contribution in [2.45, 2.75) is 24.5 Å². The molecule has 0 aliphatic rings. The minimum Gasteiger partial charge on any atom is -0.295 e. The van der Waals surface area contributed by atoms with Crippen molar-refractivity contribution in [1.82, 2.24) is 0 Å². The van der Waals surface area contributed by atoms with Gasteiger partial charge in [-0.3, -0.25) is 14.9 Å². The Labute approximate surface area is 127 Å². The van der Waals surface area contributed by atoms with Crippen molar-refractivity contribution >= 4 is 23.2 Å². The first-order valence-electron chi connectivity index (χ1n) is 6.44. The predicted octanol–water partition coefficient (Wildman–Crippen LogP) is 4.40. The number of carbonyl (C=O) groups excluding carboxylic acids is 1. The molecular formula is C16H15NO3S. The summed E-state index contributed by atoms with van der Waals surface area (Å²) in [5.74, 6) is 0.422. The molecule has 0 bridgehead atoms. The number of benzene rings is 2. The predicted molar refractivity (Wildman–Crippen MR) is 83.8 cm³/mol. The summed E-state index contributed by atoms with van der Waals surface area (Å²) in [5.41, 5.74) is 2.31. The second kappa shape index (κ2) is 6.54. The molecular weight excluding hydrogens is 286 g/mol. The number of nitro benzene ring substituents is 1. The molecule has 2 aromatic rings. The molecule has 2 aromatic carbocycles. The maximum atomic E-state index is 11.5. The minimum atomic E-state index is -0.466. The van der Waals surface area contributed by atoms with Crippen LogP contribution in [0.3, 0.4) is 0 Å². The van der Waals surface area contributed by atoms with Gasteiger partial charge in [-0.25, -0.2) is 0 Å². The van der Waals surface area contributed by atoms with Crippen LogP contribution in [-0.4, -0.2) is 10.7 Å². The van der Waals surface area contributed by atoms with Crippen LogP contribution in [0.25, 0.3) is 0 Å². The third kappa shape index (κ3) is 4.16. The number of non-ortho nitro benzene ring substituents is 1.